The molecule has 5 nitrogen and oxygen atoms in total. The van der Waals surface area contributed by atoms with Gasteiger partial charge in [0.25, 0.3) is 0 Å². The van der Waals surface area contributed by atoms with Crippen molar-refractivity contribution in [1.82, 2.24) is 0 Å². The Morgan fingerprint density at radius 3 is 1.29 bits per heavy atom. The van der Waals surface area contributed by atoms with Gasteiger partial charge in [-0.15, -0.1) is 0 Å². The Hall–Kier alpha value is 0.351. The zero-order valence-corrected chi connectivity index (χ0v) is 2.71. The van der Waals surface area contributed by atoms with Crippen molar-refractivity contribution in [2.24, 2.45) is 0 Å². The molecule has 0 radical (unpaired) electrons. The molecule has 0 spiro atoms. The fourth-order valence-electron chi connectivity index (χ4n) is 0. The molecule has 0 saturated carbocycles. The van der Waals surface area contributed by atoms with Gasteiger partial charge in [0.05, 0.1) is 0 Å². The predicted octanol–water partition coefficient (Wildman–Crippen LogP) is -0.362. The van der Waals surface area contributed by atoms with Crippen LogP contribution in [0.15, 0.2) is 0 Å². The van der Waals surface area contributed by atoms with Crippen LogP contribution in [0, 0.1) is 10.5 Å². The van der Waals surface area contributed by atoms with Crippen LogP contribution in [0.1, 0.15) is 0 Å². The second-order valence-corrected chi connectivity index (χ2v) is 0.283. The van der Waals surface area contributed by atoms with Gasteiger partial charge in [-0.3, -0.25) is 0 Å². The monoisotopic (exact) mass is 183 g/mol. The number of nitrogens with one attached hydrogen (secondary N) is 1. The normalized spacial score (nSPS) is 4.00. The van der Waals surface area contributed by atoms with Crippen molar-refractivity contribution in [3.8, 4) is 0 Å². The number of carbonyl (C=O) groups is 1. The third kappa shape index (κ3) is 978. The maximum atomic E-state index is 8.56. The molecule has 0 amide bonds. The van der Waals surface area contributed by atoms with Crippen molar-refractivity contribution in [2.75, 3.05) is 0 Å². The van der Waals surface area contributed by atoms with Gasteiger partial charge in [-0.25, -0.2) is 4.79 Å². The molecule has 0 aliphatic carbocycles. The molecule has 0 aromatic rings. The third-order valence-electron chi connectivity index (χ3n) is 0. The molecule has 0 unspecified atom stereocenters. The van der Waals surface area contributed by atoms with Gasteiger partial charge in [0.15, 0.2) is 0 Å². The van der Waals surface area contributed by atoms with Crippen molar-refractivity contribution < 1.29 is 15.0 Å². The van der Waals surface area contributed by atoms with Gasteiger partial charge in [0, 0.05) is 0 Å². The first-order valence-electron chi connectivity index (χ1n) is 0.855. The molecule has 0 bridgehead atoms. The van der Waals surface area contributed by atoms with E-state index in [0.29, 0.717) is 0 Å². The average molecular weight is 183 g/mol. The number of hydrogen-bond donors (Lipinski definition) is 3. The number of rotatable bonds is 0. The van der Waals surface area contributed by atoms with Crippen LogP contribution >= 0.6 is 0 Å². The summed E-state index contributed by atoms with van der Waals surface area (Å²) in [6.45, 7) is 0. The van der Waals surface area contributed by atoms with E-state index in [2.05, 4.69) is 5.59 Å². The minimum atomic E-state index is -1.83. The van der Waals surface area contributed by atoms with Crippen LogP contribution in [0.25, 0.3) is 0 Å². The van der Waals surface area contributed by atoms with Gasteiger partial charge in [0.1, 0.15) is 0 Å². The molecule has 0 saturated heterocycles. The first-order chi connectivity index (χ1) is 2.73. The summed E-state index contributed by atoms with van der Waals surface area (Å²) in [6.07, 6.45) is -1.83. The average Bonchev–Trinajstić information content (AvgIpc) is 1.41. The second-order valence-electron chi connectivity index (χ2n) is 0.283. The first kappa shape index (κ1) is 15.7. The third-order valence-corrected chi connectivity index (χ3v) is 0. The van der Waals surface area contributed by atoms with Gasteiger partial charge in [-0.1, -0.05) is 5.59 Å². The van der Waals surface area contributed by atoms with E-state index in [1.807, 2.05) is 0 Å². The maximum absolute atomic E-state index is 8.56. The Kier molecular flexibility index (Phi) is 36.2. The van der Waals surface area contributed by atoms with Gasteiger partial charge in [-0.05, 0) is 0 Å². The van der Waals surface area contributed by atoms with Crippen molar-refractivity contribution in [2.45, 2.75) is 0 Å². The number of hydrogen-bond acceptors (Lipinski definition) is 3. The summed E-state index contributed by atoms with van der Waals surface area (Å²) in [5.41, 5.74) is 4.50. The van der Waals surface area contributed by atoms with E-state index in [4.69, 9.17) is 19.9 Å². The van der Waals surface area contributed by atoms with Gasteiger partial charge in [-0.2, -0.15) is 4.91 Å². The Balaban J connectivity index is -0.0000000480. The SMILES string of the molecule is N=O.O=C(O)O.[SrH2]. The zero-order valence-electron chi connectivity index (χ0n) is 2.71. The topological polar surface area (TPSA) is 98.5 Å². The molecule has 0 heterocycles. The predicted molar refractivity (Wildman–Crippen MR) is 25.3 cm³/mol. The molecule has 3 N–H and O–H groups in total. The molecule has 0 fully saturated rings. The standard InChI is InChI=1S/CH2O3.HNO.Sr.2H/c2-1(3)4;1-2;;;/h(H2,2,3,4);1H;;;. The fourth-order valence-corrected chi connectivity index (χ4v) is 0. The molecule has 0 rings (SSSR count). The molecule has 0 aliphatic heterocycles. The summed E-state index contributed by atoms with van der Waals surface area (Å²) in [5.74, 6) is 0. The minimum absolute atomic E-state index is 0. The summed E-state index contributed by atoms with van der Waals surface area (Å²) >= 11 is 0. The summed E-state index contributed by atoms with van der Waals surface area (Å²) < 4.78 is 0. The summed E-state index contributed by atoms with van der Waals surface area (Å²) in [4.78, 5) is 16.1. The van der Waals surface area contributed by atoms with E-state index in [-0.39, 0.29) is 45.5 Å². The van der Waals surface area contributed by atoms with Crippen LogP contribution < -0.4 is 0 Å². The van der Waals surface area contributed by atoms with E-state index in [9.17, 15) is 0 Å². The Bertz CT molecular complexity index is 43.0. The van der Waals surface area contributed by atoms with E-state index >= 15 is 0 Å². The van der Waals surface area contributed by atoms with Crippen molar-refractivity contribution in [1.29, 1.82) is 5.59 Å². The molecule has 7 heavy (non-hydrogen) atoms. The summed E-state index contributed by atoms with van der Waals surface area (Å²) in [6, 6.07) is 0. The molecule has 0 aromatic carbocycles. The molecule has 0 atom stereocenters. The second kappa shape index (κ2) is 16.2. The summed E-state index contributed by atoms with van der Waals surface area (Å²) in [7, 11) is 0. The number of carboxylic acid groups (broad SMARTS) is 2. The molecule has 40 valence electrons. The van der Waals surface area contributed by atoms with Gasteiger partial charge in [0.2, 0.25) is 0 Å². The van der Waals surface area contributed by atoms with Crippen molar-refractivity contribution in [3.63, 3.8) is 0 Å². The van der Waals surface area contributed by atoms with Crippen LogP contribution in [-0.4, -0.2) is 61.9 Å². The van der Waals surface area contributed by atoms with Crippen LogP contribution in [0.3, 0.4) is 0 Å². The quantitative estimate of drug-likeness (QED) is 0.352. The van der Waals surface area contributed by atoms with E-state index in [1.165, 1.54) is 0 Å². The zero-order chi connectivity index (χ0) is 5.58. The van der Waals surface area contributed by atoms with Crippen LogP contribution in [-0.2, 0) is 0 Å². The molecule has 0 aliphatic rings. The van der Waals surface area contributed by atoms with Crippen LogP contribution in [0.4, 0.5) is 4.79 Å². The van der Waals surface area contributed by atoms with E-state index < -0.39 is 6.16 Å². The van der Waals surface area contributed by atoms with E-state index in [1.54, 1.807) is 0 Å². The van der Waals surface area contributed by atoms with Crippen LogP contribution in [0.2, 0.25) is 0 Å². The molecule has 0 aromatic heterocycles. The molecular weight excluding hydrogens is 178 g/mol. The summed E-state index contributed by atoms with van der Waals surface area (Å²) in [5, 5.41) is 13.9. The van der Waals surface area contributed by atoms with Crippen molar-refractivity contribution >= 4 is 51.6 Å². The first-order valence-corrected chi connectivity index (χ1v) is 0.855. The Labute approximate surface area is 76.4 Å². The van der Waals surface area contributed by atoms with Gasteiger partial charge < -0.3 is 10.2 Å². The van der Waals surface area contributed by atoms with E-state index in [0.717, 1.165) is 0 Å². The fraction of sp³-hybridized carbons (Fsp3) is 0. The Morgan fingerprint density at radius 1 is 1.29 bits per heavy atom. The Morgan fingerprint density at radius 2 is 1.29 bits per heavy atom. The van der Waals surface area contributed by atoms with Crippen molar-refractivity contribution in [3.05, 3.63) is 4.91 Å². The van der Waals surface area contributed by atoms with Gasteiger partial charge >= 0.3 is 51.6 Å². The van der Waals surface area contributed by atoms with Crippen LogP contribution in [0.5, 0.6) is 0 Å². The molecular formula is CH5NO4Sr. The number of nitroso groups, excluding NO2 is 1. The molecule has 6 heteroatoms.